The molecule has 390 valence electrons. The van der Waals surface area contributed by atoms with Gasteiger partial charge in [-0.2, -0.15) is 9.97 Å². The number of benzene rings is 3. The summed E-state index contributed by atoms with van der Waals surface area (Å²) in [7, 11) is 0. The van der Waals surface area contributed by atoms with Crippen molar-refractivity contribution in [3.05, 3.63) is 77.0 Å². The molecule has 5 aliphatic heterocycles. The smallest absolute Gasteiger partial charge is 0.319 e. The van der Waals surface area contributed by atoms with Crippen LogP contribution in [-0.2, 0) is 27.3 Å². The minimum atomic E-state index is -1.20. The Morgan fingerprint density at radius 2 is 1.70 bits per heavy atom. The van der Waals surface area contributed by atoms with Crippen molar-refractivity contribution in [2.45, 2.75) is 89.8 Å². The first-order chi connectivity index (χ1) is 35.6. The van der Waals surface area contributed by atoms with E-state index >= 15 is 8.78 Å². The molecule has 2 aromatic heterocycles. The fourth-order valence-corrected chi connectivity index (χ4v) is 13.1. The van der Waals surface area contributed by atoms with Crippen molar-refractivity contribution >= 4 is 50.9 Å². The van der Waals surface area contributed by atoms with Crippen molar-refractivity contribution in [2.75, 3.05) is 95.1 Å². The third kappa shape index (κ3) is 9.29. The number of hydrogen-bond donors (Lipinski definition) is 3. The summed E-state index contributed by atoms with van der Waals surface area (Å²) in [5.74, 6) is -1.00. The number of phenols is 1. The number of β-amino-alcohol motifs (C(OH)–C–C–N with tert-alkyl or cyclic N) is 1. The first-order valence-corrected chi connectivity index (χ1v) is 26.6. The van der Waals surface area contributed by atoms with E-state index in [-0.39, 0.29) is 71.2 Å². The van der Waals surface area contributed by atoms with Crippen molar-refractivity contribution in [3.63, 3.8) is 0 Å². The molecule has 2 saturated carbocycles. The number of carbonyl (C=O) groups excluding carboxylic acids is 3. The quantitative estimate of drug-likeness (QED) is 0.120. The van der Waals surface area contributed by atoms with Gasteiger partial charge >= 0.3 is 6.01 Å². The van der Waals surface area contributed by atoms with Crippen molar-refractivity contribution < 1.29 is 42.9 Å². The third-order valence-electron chi connectivity index (χ3n) is 17.3. The number of fused-ring (bicyclic) bond motifs is 3. The number of amides is 3. The Morgan fingerprint density at radius 3 is 2.46 bits per heavy atom. The molecule has 7 heterocycles. The highest BCUT2D eigenvalue weighted by molar-refractivity contribution is 6.06. The number of pyridine rings is 1. The number of aryl methyl sites for hydroxylation is 1. The minimum absolute atomic E-state index is 0.0181. The highest BCUT2D eigenvalue weighted by Crippen LogP contribution is 2.54. The van der Waals surface area contributed by atoms with Gasteiger partial charge in [-0.1, -0.05) is 13.0 Å². The van der Waals surface area contributed by atoms with Crippen molar-refractivity contribution in [2.24, 2.45) is 16.7 Å². The van der Waals surface area contributed by atoms with E-state index in [1.165, 1.54) is 50.1 Å². The number of aromatic hydroxyl groups is 1. The standard InChI is InChI=1S/C56H65F2N9O7/c1-3-39-43(57)7-4-35-23-38(68)24-41(46(35)39)48-47(58)49-42(27-59-48)50(66-20-21-73-32-54(2,72)30-66)62-53(61-49)74-33-56(10-11-56)31-64-14-12-55(13-15-64)25-34(26-55)28-63-16-18-65(19-17-63)37-5-6-40-36(22-37)29-67(52(40)71)44-8-9-45(69)60-51(44)70/h4-7,22-24,27,34,44,68,72H,3,8-21,25-26,28-33H2,1-2H3,(H,60,69,70)/t44-,54?/m0/s1. The lowest BCUT2D eigenvalue weighted by molar-refractivity contribution is -0.136. The normalized spacial score (nSPS) is 24.4. The van der Waals surface area contributed by atoms with Gasteiger partial charge in [0.15, 0.2) is 5.82 Å². The van der Waals surface area contributed by atoms with Crippen molar-refractivity contribution in [1.29, 1.82) is 0 Å². The van der Waals surface area contributed by atoms with Gasteiger partial charge in [0.25, 0.3) is 5.91 Å². The van der Waals surface area contributed by atoms with Crippen molar-refractivity contribution in [3.8, 4) is 23.0 Å². The number of halogens is 2. The number of rotatable bonds is 12. The molecular formula is C56H65F2N9O7. The number of aromatic nitrogens is 3. The number of piperazine rings is 1. The average molecular weight is 1010 g/mol. The van der Waals surface area contributed by atoms with Gasteiger partial charge in [0.05, 0.1) is 31.8 Å². The van der Waals surface area contributed by atoms with Crippen LogP contribution in [0.3, 0.4) is 0 Å². The van der Waals surface area contributed by atoms with Gasteiger partial charge in [-0.25, -0.2) is 8.78 Å². The summed E-state index contributed by atoms with van der Waals surface area (Å²) in [5, 5.41) is 25.7. The maximum atomic E-state index is 17.2. The molecule has 5 aromatic rings. The van der Waals surface area contributed by atoms with Crippen LogP contribution in [0.2, 0.25) is 0 Å². The largest absolute Gasteiger partial charge is 0.508 e. The third-order valence-corrected chi connectivity index (χ3v) is 17.3. The summed E-state index contributed by atoms with van der Waals surface area (Å²) in [6.45, 7) is 13.3. The van der Waals surface area contributed by atoms with Crippen LogP contribution in [0.4, 0.5) is 20.3 Å². The first-order valence-electron chi connectivity index (χ1n) is 26.6. The zero-order valence-electron chi connectivity index (χ0n) is 42.3. The lowest BCUT2D eigenvalue weighted by Crippen LogP contribution is -2.53. The maximum absolute atomic E-state index is 17.2. The Hall–Kier alpha value is -6.08. The molecule has 3 N–H and O–H groups in total. The van der Waals surface area contributed by atoms with Crippen LogP contribution in [0, 0.1) is 28.4 Å². The molecule has 3 aromatic carbocycles. The molecule has 0 radical (unpaired) electrons. The molecule has 1 spiro atoms. The molecule has 1 unspecified atom stereocenters. The molecule has 0 bridgehead atoms. The molecular weight excluding hydrogens is 949 g/mol. The Bertz CT molecular complexity index is 3050. The summed E-state index contributed by atoms with van der Waals surface area (Å²) in [5.41, 5.74) is 2.40. The second-order valence-corrected chi connectivity index (χ2v) is 22.8. The molecule has 6 fully saturated rings. The predicted molar refractivity (Wildman–Crippen MR) is 274 cm³/mol. The van der Waals surface area contributed by atoms with Crippen LogP contribution < -0.4 is 19.9 Å². The lowest BCUT2D eigenvalue weighted by Gasteiger charge is -2.54. The monoisotopic (exact) mass is 1010 g/mol. The highest BCUT2D eigenvalue weighted by atomic mass is 19.1. The molecule has 7 aliphatic rings. The molecule has 3 amide bonds. The summed E-state index contributed by atoms with van der Waals surface area (Å²) < 4.78 is 44.6. The first kappa shape index (κ1) is 48.8. The number of carbonyl (C=O) groups is 3. The van der Waals surface area contributed by atoms with Crippen LogP contribution in [0.1, 0.15) is 86.7 Å². The van der Waals surface area contributed by atoms with Gasteiger partial charge in [0.1, 0.15) is 40.2 Å². The molecule has 2 atom stereocenters. The number of aliphatic hydroxyl groups is 1. The highest BCUT2D eigenvalue weighted by Gasteiger charge is 2.50. The van der Waals surface area contributed by atoms with Gasteiger partial charge in [-0.05, 0) is 141 Å². The topological polar surface area (TPSA) is 177 Å². The van der Waals surface area contributed by atoms with Gasteiger partial charge in [0.2, 0.25) is 11.8 Å². The van der Waals surface area contributed by atoms with Crippen LogP contribution in [0.5, 0.6) is 11.8 Å². The van der Waals surface area contributed by atoms with E-state index in [4.69, 9.17) is 19.4 Å². The molecule has 4 saturated heterocycles. The number of hydrogen-bond acceptors (Lipinski definition) is 14. The van der Waals surface area contributed by atoms with E-state index < -0.39 is 23.3 Å². The summed E-state index contributed by atoms with van der Waals surface area (Å²) in [6.07, 6.45) is 9.39. The number of nitrogens with zero attached hydrogens (tertiary/aromatic N) is 8. The minimum Gasteiger partial charge on any atom is -0.508 e. The van der Waals surface area contributed by atoms with E-state index in [0.29, 0.717) is 83.6 Å². The maximum Gasteiger partial charge on any atom is 0.319 e. The molecule has 12 rings (SSSR count). The second kappa shape index (κ2) is 18.9. The number of imide groups is 1. The number of likely N-dealkylation sites (tertiary alicyclic amines) is 1. The Kier molecular flexibility index (Phi) is 12.5. The Labute approximate surface area is 429 Å². The molecule has 16 nitrogen and oxygen atoms in total. The predicted octanol–water partition coefficient (Wildman–Crippen LogP) is 6.21. The van der Waals surface area contributed by atoms with Crippen LogP contribution in [0.15, 0.2) is 48.7 Å². The second-order valence-electron chi connectivity index (χ2n) is 22.8. The van der Waals surface area contributed by atoms with Crippen LogP contribution >= 0.6 is 0 Å². The lowest BCUT2D eigenvalue weighted by atomic mass is 9.57. The van der Waals surface area contributed by atoms with E-state index in [1.807, 2.05) is 24.0 Å². The van der Waals surface area contributed by atoms with E-state index in [1.54, 1.807) is 17.9 Å². The van der Waals surface area contributed by atoms with E-state index in [0.717, 1.165) is 76.5 Å². The SMILES string of the molecule is CCc1c(F)ccc2cc(O)cc(-c3ncc4c(N5CCOCC(C)(O)C5)nc(OCC5(CN6CCC7(CC6)CC(CN6CCN(c8ccc9c(c8)CN([C@H]8CCC(=O)NC8=O)C9=O)CC6)C7)CC5)nc4c3F)c12. The fourth-order valence-electron chi connectivity index (χ4n) is 13.1. The number of phenolic OH excluding ortho intramolecular Hbond substituents is 1. The number of nitrogens with one attached hydrogen (secondary N) is 1. The number of piperidine rings is 2. The fraction of sp³-hybridized carbons (Fsp3) is 0.536. The summed E-state index contributed by atoms with van der Waals surface area (Å²) >= 11 is 0. The Morgan fingerprint density at radius 1 is 0.905 bits per heavy atom. The molecule has 74 heavy (non-hydrogen) atoms. The zero-order chi connectivity index (χ0) is 51.1. The Balaban J connectivity index is 0.665. The van der Waals surface area contributed by atoms with Crippen LogP contribution in [0.25, 0.3) is 32.9 Å². The number of anilines is 2. The van der Waals surface area contributed by atoms with Gasteiger partial charge < -0.3 is 39.3 Å². The molecule has 2 aliphatic carbocycles. The molecule has 18 heteroatoms. The number of ether oxygens (including phenoxy) is 2. The van der Waals surface area contributed by atoms with Gasteiger partial charge in [-0.15, -0.1) is 0 Å². The van der Waals surface area contributed by atoms with E-state index in [9.17, 15) is 24.6 Å². The summed E-state index contributed by atoms with van der Waals surface area (Å²) in [4.78, 5) is 62.7. The van der Waals surface area contributed by atoms with Crippen molar-refractivity contribution in [1.82, 2.24) is 35.0 Å². The van der Waals surface area contributed by atoms with E-state index in [2.05, 4.69) is 31.1 Å². The summed E-state index contributed by atoms with van der Waals surface area (Å²) in [6, 6.07) is 11.3. The van der Waals surface area contributed by atoms with Gasteiger partial charge in [0, 0.05) is 87.2 Å². The van der Waals surface area contributed by atoms with Gasteiger partial charge in [-0.3, -0.25) is 29.6 Å². The van der Waals surface area contributed by atoms with Crippen LogP contribution in [-0.4, -0.2) is 154 Å². The average Bonchev–Trinajstić information content (AvgIpc) is 4.12. The zero-order valence-corrected chi connectivity index (χ0v) is 42.3.